The van der Waals surface area contributed by atoms with Crippen LogP contribution in [0.25, 0.3) is 0 Å². The molecule has 0 aromatic heterocycles. The second kappa shape index (κ2) is 5.94. The van der Waals surface area contributed by atoms with Crippen LogP contribution in [-0.2, 0) is 0 Å². The summed E-state index contributed by atoms with van der Waals surface area (Å²) in [6.45, 7) is 6.94. The summed E-state index contributed by atoms with van der Waals surface area (Å²) < 4.78 is 12.7. The fourth-order valence-corrected chi connectivity index (χ4v) is 3.53. The number of fused-ring (bicyclic) bond motifs is 1. The summed E-state index contributed by atoms with van der Waals surface area (Å²) in [6, 6.07) is 4.62. The number of hydrogen-bond donors (Lipinski definition) is 1. The molecule has 0 bridgehead atoms. The summed E-state index contributed by atoms with van der Waals surface area (Å²) >= 11 is 3.71. The first-order chi connectivity index (χ1) is 9.70. The lowest BCUT2D eigenvalue weighted by Crippen LogP contribution is -2.23. The third-order valence-corrected chi connectivity index (χ3v) is 4.91. The molecule has 1 aromatic rings. The average Bonchev–Trinajstić information content (AvgIpc) is 3.18. The topological polar surface area (TPSA) is 30.5 Å². The van der Waals surface area contributed by atoms with Crippen LogP contribution in [0.4, 0.5) is 0 Å². The summed E-state index contributed by atoms with van der Waals surface area (Å²) in [7, 11) is 0. The number of benzene rings is 1. The molecule has 1 heterocycles. The minimum absolute atomic E-state index is 0.404. The minimum atomic E-state index is 0.404. The second-order valence-corrected chi connectivity index (χ2v) is 6.64. The lowest BCUT2D eigenvalue weighted by molar-refractivity contribution is 0.297. The molecule has 4 heteroatoms. The molecule has 0 spiro atoms. The predicted molar refractivity (Wildman–Crippen MR) is 83.4 cm³/mol. The molecule has 110 valence electrons. The zero-order chi connectivity index (χ0) is 14.1. The van der Waals surface area contributed by atoms with Crippen molar-refractivity contribution >= 4 is 15.9 Å². The third kappa shape index (κ3) is 2.82. The van der Waals surface area contributed by atoms with Crippen LogP contribution in [0, 0.1) is 11.8 Å². The van der Waals surface area contributed by atoms with Gasteiger partial charge in [0.25, 0.3) is 0 Å². The molecule has 3 rings (SSSR count). The van der Waals surface area contributed by atoms with Crippen LogP contribution in [0.15, 0.2) is 16.6 Å². The van der Waals surface area contributed by atoms with E-state index in [1.165, 1.54) is 12.0 Å². The van der Waals surface area contributed by atoms with Crippen molar-refractivity contribution < 1.29 is 9.47 Å². The Bertz CT molecular complexity index is 492. The zero-order valence-electron chi connectivity index (χ0n) is 12.1. The molecule has 0 saturated heterocycles. The van der Waals surface area contributed by atoms with Gasteiger partial charge in [-0.3, -0.25) is 0 Å². The molecule has 0 radical (unpaired) electrons. The molecule has 1 saturated carbocycles. The van der Waals surface area contributed by atoms with E-state index in [0.717, 1.165) is 54.0 Å². The van der Waals surface area contributed by atoms with Crippen LogP contribution in [-0.4, -0.2) is 19.8 Å². The van der Waals surface area contributed by atoms with Crippen LogP contribution < -0.4 is 14.8 Å². The van der Waals surface area contributed by atoms with Crippen molar-refractivity contribution in [1.29, 1.82) is 0 Å². The van der Waals surface area contributed by atoms with Crippen molar-refractivity contribution in [2.45, 2.75) is 32.7 Å². The summed E-state index contributed by atoms with van der Waals surface area (Å²) in [5, 5.41) is 3.63. The van der Waals surface area contributed by atoms with Crippen molar-refractivity contribution in [3.8, 4) is 11.5 Å². The number of rotatable bonds is 4. The Kier molecular flexibility index (Phi) is 4.22. The Morgan fingerprint density at radius 3 is 2.55 bits per heavy atom. The zero-order valence-corrected chi connectivity index (χ0v) is 13.7. The first-order valence-corrected chi connectivity index (χ1v) is 8.32. The van der Waals surface area contributed by atoms with Crippen LogP contribution in [0.2, 0.25) is 0 Å². The van der Waals surface area contributed by atoms with E-state index in [-0.39, 0.29) is 0 Å². The van der Waals surface area contributed by atoms with Gasteiger partial charge in [0.05, 0.1) is 13.2 Å². The number of ether oxygens (including phenoxy) is 2. The lowest BCUT2D eigenvalue weighted by Gasteiger charge is -2.21. The molecule has 1 fully saturated rings. The maximum atomic E-state index is 5.83. The van der Waals surface area contributed by atoms with Crippen molar-refractivity contribution in [2.24, 2.45) is 11.8 Å². The first-order valence-electron chi connectivity index (χ1n) is 7.53. The Morgan fingerprint density at radius 2 is 1.95 bits per heavy atom. The molecular weight excluding hydrogens is 318 g/mol. The molecular formula is C16H22BrNO2. The van der Waals surface area contributed by atoms with Crippen molar-refractivity contribution in [2.75, 3.05) is 19.8 Å². The maximum absolute atomic E-state index is 5.83. The van der Waals surface area contributed by atoms with Gasteiger partial charge in [-0.15, -0.1) is 0 Å². The summed E-state index contributed by atoms with van der Waals surface area (Å²) in [4.78, 5) is 0. The summed E-state index contributed by atoms with van der Waals surface area (Å²) in [5.74, 6) is 3.28. The molecule has 1 aliphatic heterocycles. The highest BCUT2D eigenvalue weighted by atomic mass is 79.9. The van der Waals surface area contributed by atoms with E-state index < -0.39 is 0 Å². The highest BCUT2D eigenvalue weighted by Gasteiger charge is 2.40. The summed E-state index contributed by atoms with van der Waals surface area (Å²) in [6.07, 6.45) is 2.25. The molecule has 1 N–H and O–H groups in total. The van der Waals surface area contributed by atoms with Gasteiger partial charge in [0.1, 0.15) is 0 Å². The van der Waals surface area contributed by atoms with Crippen molar-refractivity contribution in [3.05, 3.63) is 22.2 Å². The molecule has 1 aliphatic carbocycles. The molecule has 1 aromatic carbocycles. The normalized spacial score (nSPS) is 25.9. The smallest absolute Gasteiger partial charge is 0.162 e. The van der Waals surface area contributed by atoms with Crippen LogP contribution >= 0.6 is 15.9 Å². The van der Waals surface area contributed by atoms with E-state index in [2.05, 4.69) is 47.2 Å². The summed E-state index contributed by atoms with van der Waals surface area (Å²) in [5.41, 5.74) is 1.30. The number of nitrogens with one attached hydrogen (secondary N) is 1. The van der Waals surface area contributed by atoms with Crippen LogP contribution in [0.5, 0.6) is 11.5 Å². The molecule has 2 aliphatic rings. The van der Waals surface area contributed by atoms with Gasteiger partial charge in [-0.25, -0.2) is 0 Å². The van der Waals surface area contributed by atoms with E-state index in [1.807, 2.05) is 0 Å². The molecule has 0 amide bonds. The highest BCUT2D eigenvalue weighted by Crippen LogP contribution is 2.49. The molecule has 3 unspecified atom stereocenters. The first kappa shape index (κ1) is 14.2. The quantitative estimate of drug-likeness (QED) is 0.901. The van der Waals surface area contributed by atoms with Gasteiger partial charge < -0.3 is 14.8 Å². The fraction of sp³-hybridized carbons (Fsp3) is 0.625. The maximum Gasteiger partial charge on any atom is 0.162 e. The Morgan fingerprint density at radius 1 is 1.30 bits per heavy atom. The SMILES string of the molecule is CCNC(c1cc2c(cc1Br)OCCCO2)C1CC1C. The Labute approximate surface area is 129 Å². The third-order valence-electron chi connectivity index (χ3n) is 4.23. The van der Waals surface area contributed by atoms with E-state index >= 15 is 0 Å². The predicted octanol–water partition coefficient (Wildman–Crippen LogP) is 3.92. The van der Waals surface area contributed by atoms with Crippen LogP contribution in [0.1, 0.15) is 38.3 Å². The molecule has 20 heavy (non-hydrogen) atoms. The van der Waals surface area contributed by atoms with Crippen molar-refractivity contribution in [3.63, 3.8) is 0 Å². The Hall–Kier alpha value is -0.740. The van der Waals surface area contributed by atoms with Gasteiger partial charge in [-0.05, 0) is 42.5 Å². The van der Waals surface area contributed by atoms with E-state index in [1.54, 1.807) is 0 Å². The minimum Gasteiger partial charge on any atom is -0.490 e. The molecule has 3 nitrogen and oxygen atoms in total. The second-order valence-electron chi connectivity index (χ2n) is 5.78. The lowest BCUT2D eigenvalue weighted by atomic mass is 10.0. The van der Waals surface area contributed by atoms with Gasteiger partial charge in [0, 0.05) is 16.9 Å². The van der Waals surface area contributed by atoms with E-state index in [0.29, 0.717) is 6.04 Å². The van der Waals surface area contributed by atoms with E-state index in [9.17, 15) is 0 Å². The monoisotopic (exact) mass is 339 g/mol. The molecule has 3 atom stereocenters. The van der Waals surface area contributed by atoms with Gasteiger partial charge >= 0.3 is 0 Å². The van der Waals surface area contributed by atoms with Gasteiger partial charge in [0.15, 0.2) is 11.5 Å². The largest absolute Gasteiger partial charge is 0.490 e. The van der Waals surface area contributed by atoms with Gasteiger partial charge in [-0.1, -0.05) is 29.8 Å². The highest BCUT2D eigenvalue weighted by molar-refractivity contribution is 9.10. The van der Waals surface area contributed by atoms with E-state index in [4.69, 9.17) is 9.47 Å². The number of hydrogen-bond acceptors (Lipinski definition) is 3. The van der Waals surface area contributed by atoms with Gasteiger partial charge in [0.2, 0.25) is 0 Å². The van der Waals surface area contributed by atoms with Crippen LogP contribution in [0.3, 0.4) is 0 Å². The van der Waals surface area contributed by atoms with Gasteiger partial charge in [-0.2, -0.15) is 0 Å². The van der Waals surface area contributed by atoms with Crippen molar-refractivity contribution in [1.82, 2.24) is 5.32 Å². The Balaban J connectivity index is 1.93. The standard InChI is InChI=1S/C16H22BrNO2/c1-3-18-16(11-7-10(11)2)12-8-14-15(9-13(12)17)20-6-4-5-19-14/h8-11,16,18H,3-7H2,1-2H3. The fourth-order valence-electron chi connectivity index (χ4n) is 2.97. The average molecular weight is 340 g/mol. The number of halogens is 1.